The first-order valence-corrected chi connectivity index (χ1v) is 8.10. The molecule has 2 aromatic rings. The van der Waals surface area contributed by atoms with Crippen molar-refractivity contribution in [2.45, 2.75) is 6.42 Å². The van der Waals surface area contributed by atoms with Crippen LogP contribution in [0.1, 0.15) is 15.9 Å². The van der Waals surface area contributed by atoms with Crippen LogP contribution in [-0.4, -0.2) is 47.8 Å². The van der Waals surface area contributed by atoms with E-state index < -0.39 is 0 Å². The smallest absolute Gasteiger partial charge is 0.253 e. The van der Waals surface area contributed by atoms with Crippen molar-refractivity contribution in [1.29, 1.82) is 0 Å². The average molecular weight is 344 g/mol. The highest BCUT2D eigenvalue weighted by atomic mass is 19.1. The Labute approximate surface area is 144 Å². The van der Waals surface area contributed by atoms with Gasteiger partial charge in [0.15, 0.2) is 0 Å². The van der Waals surface area contributed by atoms with Crippen LogP contribution in [-0.2, 0) is 11.2 Å². The topological polar surface area (TPSA) is 40.6 Å². The Balaban J connectivity index is 1.55. The molecule has 1 aliphatic rings. The molecule has 0 N–H and O–H groups in total. The van der Waals surface area contributed by atoms with Crippen LogP contribution < -0.4 is 0 Å². The summed E-state index contributed by atoms with van der Waals surface area (Å²) in [5.74, 6) is -0.999. The fourth-order valence-electron chi connectivity index (χ4n) is 2.87. The first-order chi connectivity index (χ1) is 12.0. The summed E-state index contributed by atoms with van der Waals surface area (Å²) in [6.07, 6.45) is 0.143. The molecule has 0 aromatic heterocycles. The molecular formula is C19H18F2N2O2. The molecule has 1 fully saturated rings. The van der Waals surface area contributed by atoms with Gasteiger partial charge in [0.25, 0.3) is 5.91 Å². The Hall–Kier alpha value is -2.76. The van der Waals surface area contributed by atoms with E-state index in [0.717, 1.165) is 0 Å². The quantitative estimate of drug-likeness (QED) is 0.858. The second-order valence-corrected chi connectivity index (χ2v) is 5.99. The first kappa shape index (κ1) is 17.1. The Bertz CT molecular complexity index is 769. The lowest BCUT2D eigenvalue weighted by atomic mass is 10.1. The van der Waals surface area contributed by atoms with Crippen LogP contribution in [0.3, 0.4) is 0 Å². The van der Waals surface area contributed by atoms with Crippen molar-refractivity contribution < 1.29 is 18.4 Å². The molecule has 0 aliphatic carbocycles. The summed E-state index contributed by atoms with van der Waals surface area (Å²) >= 11 is 0. The van der Waals surface area contributed by atoms with Gasteiger partial charge in [-0.3, -0.25) is 9.59 Å². The third kappa shape index (κ3) is 4.21. The average Bonchev–Trinajstić information content (AvgIpc) is 2.62. The van der Waals surface area contributed by atoms with Crippen LogP contribution in [0.2, 0.25) is 0 Å². The molecule has 1 saturated heterocycles. The molecule has 0 saturated carbocycles. The first-order valence-electron chi connectivity index (χ1n) is 8.10. The summed E-state index contributed by atoms with van der Waals surface area (Å²) < 4.78 is 26.1. The van der Waals surface area contributed by atoms with E-state index in [-0.39, 0.29) is 29.9 Å². The van der Waals surface area contributed by atoms with Gasteiger partial charge in [-0.05, 0) is 42.0 Å². The van der Waals surface area contributed by atoms with Crippen LogP contribution >= 0.6 is 0 Å². The highest BCUT2D eigenvalue weighted by Crippen LogP contribution is 2.12. The summed E-state index contributed by atoms with van der Waals surface area (Å²) in [4.78, 5) is 28.0. The summed E-state index contributed by atoms with van der Waals surface area (Å²) in [6, 6.07) is 11.4. The summed E-state index contributed by atoms with van der Waals surface area (Å²) in [5.41, 5.74) is 1.07. The lowest BCUT2D eigenvalue weighted by Gasteiger charge is -2.35. The minimum absolute atomic E-state index is 0.0838. The van der Waals surface area contributed by atoms with Gasteiger partial charge in [-0.1, -0.05) is 12.1 Å². The maximum absolute atomic E-state index is 13.2. The summed E-state index contributed by atoms with van der Waals surface area (Å²) in [6.45, 7) is 1.71. The Kier molecular flexibility index (Phi) is 5.07. The summed E-state index contributed by atoms with van der Waals surface area (Å²) in [5, 5.41) is 0. The molecule has 0 atom stereocenters. The molecule has 0 unspecified atom stereocenters. The van der Waals surface area contributed by atoms with E-state index in [1.54, 1.807) is 21.9 Å². The number of halogens is 2. The SMILES string of the molecule is O=C(Cc1cccc(F)c1)N1CCN(C(=O)c2ccc(F)cc2)CC1. The number of piperazine rings is 1. The van der Waals surface area contributed by atoms with E-state index >= 15 is 0 Å². The Morgan fingerprint density at radius 1 is 0.840 bits per heavy atom. The molecule has 25 heavy (non-hydrogen) atoms. The molecular weight excluding hydrogens is 326 g/mol. The standard InChI is InChI=1S/C19H18F2N2O2/c20-16-6-4-15(5-7-16)19(25)23-10-8-22(9-11-23)18(24)13-14-2-1-3-17(21)12-14/h1-7,12H,8-11,13H2. The van der Waals surface area contributed by atoms with Crippen molar-refractivity contribution in [2.75, 3.05) is 26.2 Å². The molecule has 6 heteroatoms. The minimum Gasteiger partial charge on any atom is -0.339 e. The number of carbonyl (C=O) groups is 2. The lowest BCUT2D eigenvalue weighted by Crippen LogP contribution is -2.51. The molecule has 4 nitrogen and oxygen atoms in total. The minimum atomic E-state index is -0.385. The van der Waals surface area contributed by atoms with Crippen molar-refractivity contribution in [3.05, 3.63) is 71.3 Å². The highest BCUT2D eigenvalue weighted by molar-refractivity contribution is 5.94. The third-order valence-electron chi connectivity index (χ3n) is 4.26. The zero-order chi connectivity index (χ0) is 17.8. The number of amides is 2. The van der Waals surface area contributed by atoms with E-state index in [0.29, 0.717) is 37.3 Å². The molecule has 2 amide bonds. The van der Waals surface area contributed by atoms with E-state index in [2.05, 4.69) is 0 Å². The molecule has 3 rings (SSSR count). The normalized spacial score (nSPS) is 14.5. The van der Waals surface area contributed by atoms with Crippen molar-refractivity contribution >= 4 is 11.8 Å². The number of hydrogen-bond donors (Lipinski definition) is 0. The van der Waals surface area contributed by atoms with Crippen molar-refractivity contribution in [3.8, 4) is 0 Å². The van der Waals surface area contributed by atoms with Gasteiger partial charge in [-0.15, -0.1) is 0 Å². The van der Waals surface area contributed by atoms with Crippen LogP contribution in [0.4, 0.5) is 8.78 Å². The fourth-order valence-corrected chi connectivity index (χ4v) is 2.87. The molecule has 2 aromatic carbocycles. The molecule has 0 radical (unpaired) electrons. The second-order valence-electron chi connectivity index (χ2n) is 5.99. The Morgan fingerprint density at radius 3 is 2.12 bits per heavy atom. The highest BCUT2D eigenvalue weighted by Gasteiger charge is 2.24. The van der Waals surface area contributed by atoms with Gasteiger partial charge in [0.1, 0.15) is 11.6 Å². The van der Waals surface area contributed by atoms with Gasteiger partial charge >= 0.3 is 0 Å². The molecule has 130 valence electrons. The van der Waals surface area contributed by atoms with Gasteiger partial charge in [0.05, 0.1) is 6.42 Å². The Morgan fingerprint density at radius 2 is 1.48 bits per heavy atom. The van der Waals surface area contributed by atoms with Gasteiger partial charge < -0.3 is 9.80 Å². The lowest BCUT2D eigenvalue weighted by molar-refractivity contribution is -0.131. The number of rotatable bonds is 3. The van der Waals surface area contributed by atoms with E-state index in [9.17, 15) is 18.4 Å². The van der Waals surface area contributed by atoms with Crippen molar-refractivity contribution in [1.82, 2.24) is 9.80 Å². The van der Waals surface area contributed by atoms with Crippen LogP contribution in [0, 0.1) is 11.6 Å². The van der Waals surface area contributed by atoms with E-state index in [1.165, 1.54) is 36.4 Å². The fraction of sp³-hybridized carbons (Fsp3) is 0.263. The zero-order valence-electron chi connectivity index (χ0n) is 13.6. The van der Waals surface area contributed by atoms with Gasteiger partial charge in [-0.25, -0.2) is 8.78 Å². The maximum Gasteiger partial charge on any atom is 0.253 e. The monoisotopic (exact) mass is 344 g/mol. The van der Waals surface area contributed by atoms with Gasteiger partial charge in [0, 0.05) is 31.7 Å². The van der Waals surface area contributed by atoms with Crippen LogP contribution in [0.25, 0.3) is 0 Å². The predicted molar refractivity (Wildman–Crippen MR) is 89.0 cm³/mol. The van der Waals surface area contributed by atoms with Crippen LogP contribution in [0.15, 0.2) is 48.5 Å². The number of benzene rings is 2. The maximum atomic E-state index is 13.2. The number of hydrogen-bond acceptors (Lipinski definition) is 2. The molecule has 1 heterocycles. The molecule has 0 spiro atoms. The second kappa shape index (κ2) is 7.42. The van der Waals surface area contributed by atoms with Gasteiger partial charge in [-0.2, -0.15) is 0 Å². The zero-order valence-corrected chi connectivity index (χ0v) is 13.6. The van der Waals surface area contributed by atoms with E-state index in [4.69, 9.17) is 0 Å². The van der Waals surface area contributed by atoms with E-state index in [1.807, 2.05) is 0 Å². The largest absolute Gasteiger partial charge is 0.339 e. The van der Waals surface area contributed by atoms with Crippen LogP contribution in [0.5, 0.6) is 0 Å². The molecule has 0 bridgehead atoms. The van der Waals surface area contributed by atoms with Crippen molar-refractivity contribution in [3.63, 3.8) is 0 Å². The third-order valence-corrected chi connectivity index (χ3v) is 4.26. The van der Waals surface area contributed by atoms with Gasteiger partial charge in [0.2, 0.25) is 5.91 Å². The number of nitrogens with zero attached hydrogens (tertiary/aromatic N) is 2. The molecule has 1 aliphatic heterocycles. The number of carbonyl (C=O) groups excluding carboxylic acids is 2. The summed E-state index contributed by atoms with van der Waals surface area (Å²) in [7, 11) is 0. The van der Waals surface area contributed by atoms with Crippen molar-refractivity contribution in [2.24, 2.45) is 0 Å². The predicted octanol–water partition coefficient (Wildman–Crippen LogP) is 2.49.